The maximum absolute atomic E-state index is 12.5. The quantitative estimate of drug-likeness (QED) is 0.491. The molecule has 4 rings (SSSR count). The Hall–Kier alpha value is -3.78. The Balaban J connectivity index is 1.57. The molecule has 0 spiro atoms. The maximum atomic E-state index is 12.5. The Morgan fingerprint density at radius 3 is 2.65 bits per heavy atom. The summed E-state index contributed by atoms with van der Waals surface area (Å²) in [6.45, 7) is 0.358. The summed E-state index contributed by atoms with van der Waals surface area (Å²) in [5.74, 6) is 0.645. The van der Waals surface area contributed by atoms with Gasteiger partial charge < -0.3 is 13.6 Å². The number of hydrogen-bond donors (Lipinski definition) is 0. The van der Waals surface area contributed by atoms with Crippen LogP contribution in [0.15, 0.2) is 76.0 Å². The average Bonchev–Trinajstić information content (AvgIpc) is 3.36. The number of benzene rings is 2. The topological polar surface area (TPSA) is 76.4 Å². The minimum atomic E-state index is -0.238. The number of ether oxygens (including phenoxy) is 1. The van der Waals surface area contributed by atoms with Gasteiger partial charge in [-0.1, -0.05) is 12.1 Å². The van der Waals surface area contributed by atoms with Crippen LogP contribution in [0.4, 0.5) is 0 Å². The van der Waals surface area contributed by atoms with Crippen LogP contribution in [0, 0.1) is 11.3 Å². The van der Waals surface area contributed by atoms with Gasteiger partial charge in [0.25, 0.3) is 0 Å². The Bertz CT molecular complexity index is 1100. The molecular weight excluding hydrogens is 330 g/mol. The van der Waals surface area contributed by atoms with E-state index in [2.05, 4.69) is 6.07 Å². The second-order valence-electron chi connectivity index (χ2n) is 5.71. The number of furan rings is 2. The molecule has 0 radical (unpaired) electrons. The molecule has 0 aliphatic rings. The Morgan fingerprint density at radius 2 is 1.92 bits per heavy atom. The van der Waals surface area contributed by atoms with Crippen LogP contribution in [0.25, 0.3) is 11.0 Å². The minimum Gasteiger partial charge on any atom is -0.489 e. The first-order valence-electron chi connectivity index (χ1n) is 7.96. The van der Waals surface area contributed by atoms with Crippen LogP contribution in [0.1, 0.15) is 27.2 Å². The molecule has 0 aliphatic heterocycles. The van der Waals surface area contributed by atoms with E-state index in [1.54, 1.807) is 42.5 Å². The zero-order valence-electron chi connectivity index (χ0n) is 13.6. The second kappa shape index (κ2) is 6.61. The third-order valence-corrected chi connectivity index (χ3v) is 4.02. The predicted octanol–water partition coefficient (Wildman–Crippen LogP) is 4.71. The van der Waals surface area contributed by atoms with Gasteiger partial charge >= 0.3 is 0 Å². The first-order chi connectivity index (χ1) is 12.7. The van der Waals surface area contributed by atoms with E-state index < -0.39 is 0 Å². The number of rotatable bonds is 5. The lowest BCUT2D eigenvalue weighted by Crippen LogP contribution is -1.99. The van der Waals surface area contributed by atoms with Crippen molar-refractivity contribution in [2.24, 2.45) is 0 Å². The zero-order valence-corrected chi connectivity index (χ0v) is 13.6. The molecule has 0 amide bonds. The van der Waals surface area contributed by atoms with Gasteiger partial charge in [0, 0.05) is 5.39 Å². The van der Waals surface area contributed by atoms with Crippen LogP contribution in [0.2, 0.25) is 0 Å². The summed E-state index contributed by atoms with van der Waals surface area (Å²) in [7, 11) is 0. The van der Waals surface area contributed by atoms with Crippen molar-refractivity contribution in [3.05, 3.63) is 89.6 Å². The number of nitriles is 1. The lowest BCUT2D eigenvalue weighted by atomic mass is 10.1. The predicted molar refractivity (Wildman–Crippen MR) is 93.8 cm³/mol. The summed E-state index contributed by atoms with van der Waals surface area (Å²) in [5, 5.41) is 9.50. The second-order valence-corrected chi connectivity index (χ2v) is 5.71. The van der Waals surface area contributed by atoms with Gasteiger partial charge in [0.1, 0.15) is 24.2 Å². The van der Waals surface area contributed by atoms with E-state index in [-0.39, 0.29) is 11.5 Å². The Morgan fingerprint density at radius 1 is 1.08 bits per heavy atom. The molecule has 4 aromatic rings. The third kappa shape index (κ3) is 2.96. The highest BCUT2D eigenvalue weighted by Crippen LogP contribution is 2.28. The fourth-order valence-electron chi connectivity index (χ4n) is 2.66. The van der Waals surface area contributed by atoms with Crippen molar-refractivity contribution < 1.29 is 18.4 Å². The maximum Gasteiger partial charge on any atom is 0.232 e. The molecule has 0 aliphatic carbocycles. The molecule has 0 saturated carbocycles. The van der Waals surface area contributed by atoms with E-state index in [9.17, 15) is 4.79 Å². The first kappa shape index (κ1) is 15.7. The summed E-state index contributed by atoms with van der Waals surface area (Å²) in [5.41, 5.74) is 2.59. The van der Waals surface area contributed by atoms with E-state index in [0.29, 0.717) is 34.5 Å². The fourth-order valence-corrected chi connectivity index (χ4v) is 2.66. The van der Waals surface area contributed by atoms with Crippen molar-refractivity contribution in [1.29, 1.82) is 5.26 Å². The number of carbonyl (C=O) groups excluding carboxylic acids is 1. The molecule has 0 bridgehead atoms. The summed E-state index contributed by atoms with van der Waals surface area (Å²) < 4.78 is 16.4. The molecule has 0 saturated heterocycles. The van der Waals surface area contributed by atoms with Crippen molar-refractivity contribution in [2.45, 2.75) is 6.61 Å². The van der Waals surface area contributed by atoms with E-state index >= 15 is 0 Å². The van der Waals surface area contributed by atoms with Crippen molar-refractivity contribution in [3.63, 3.8) is 0 Å². The molecule has 26 heavy (non-hydrogen) atoms. The lowest BCUT2D eigenvalue weighted by Gasteiger charge is -2.06. The van der Waals surface area contributed by atoms with E-state index in [1.165, 1.54) is 12.5 Å². The summed E-state index contributed by atoms with van der Waals surface area (Å²) in [6.07, 6.45) is 2.89. The monoisotopic (exact) mass is 343 g/mol. The van der Waals surface area contributed by atoms with E-state index in [0.717, 1.165) is 5.56 Å². The zero-order chi connectivity index (χ0) is 17.9. The minimum absolute atomic E-state index is 0.238. The van der Waals surface area contributed by atoms with Crippen LogP contribution in [0.3, 0.4) is 0 Å². The van der Waals surface area contributed by atoms with Gasteiger partial charge in [0.05, 0.1) is 23.5 Å². The summed E-state index contributed by atoms with van der Waals surface area (Å²) >= 11 is 0. The molecular formula is C21H13NO4. The number of ketones is 1. The van der Waals surface area contributed by atoms with Gasteiger partial charge in [0.2, 0.25) is 5.78 Å². The molecule has 0 fully saturated rings. The highest BCUT2D eigenvalue weighted by Gasteiger charge is 2.18. The molecule has 2 heterocycles. The van der Waals surface area contributed by atoms with Gasteiger partial charge in [-0.15, -0.1) is 0 Å². The van der Waals surface area contributed by atoms with Gasteiger partial charge in [0.15, 0.2) is 5.76 Å². The molecule has 5 heteroatoms. The van der Waals surface area contributed by atoms with Crippen LogP contribution >= 0.6 is 0 Å². The normalized spacial score (nSPS) is 10.6. The molecule has 5 nitrogen and oxygen atoms in total. The van der Waals surface area contributed by atoms with Crippen molar-refractivity contribution >= 4 is 16.8 Å². The number of carbonyl (C=O) groups is 1. The van der Waals surface area contributed by atoms with Crippen molar-refractivity contribution in [2.75, 3.05) is 0 Å². The molecule has 2 aromatic heterocycles. The SMILES string of the molecule is N#Cc1ccc(COc2ccc3occ(C(=O)c4ccco4)c3c2)cc1. The van der Waals surface area contributed by atoms with Gasteiger partial charge in [-0.2, -0.15) is 5.26 Å². The molecule has 0 N–H and O–H groups in total. The molecule has 2 aromatic carbocycles. The van der Waals surface area contributed by atoms with Crippen LogP contribution < -0.4 is 4.74 Å². The highest BCUT2D eigenvalue weighted by molar-refractivity contribution is 6.14. The summed E-state index contributed by atoms with van der Waals surface area (Å²) in [6, 6.07) is 17.9. The van der Waals surface area contributed by atoms with E-state index in [4.69, 9.17) is 18.8 Å². The van der Waals surface area contributed by atoms with Crippen LogP contribution in [0.5, 0.6) is 5.75 Å². The first-order valence-corrected chi connectivity index (χ1v) is 7.96. The van der Waals surface area contributed by atoms with E-state index in [1.807, 2.05) is 12.1 Å². The van der Waals surface area contributed by atoms with Gasteiger partial charge in [-0.25, -0.2) is 0 Å². The number of fused-ring (bicyclic) bond motifs is 1. The number of nitrogens with zero attached hydrogens (tertiary/aromatic N) is 1. The standard InChI is InChI=1S/C21H13NO4/c22-11-14-3-5-15(6-4-14)12-25-16-7-8-19-17(10-16)18(13-26-19)21(23)20-2-1-9-24-20/h1-10,13H,12H2. The molecule has 126 valence electrons. The molecule has 0 atom stereocenters. The van der Waals surface area contributed by atoms with Crippen LogP contribution in [-0.2, 0) is 6.61 Å². The highest BCUT2D eigenvalue weighted by atomic mass is 16.5. The van der Waals surface area contributed by atoms with Crippen LogP contribution in [-0.4, -0.2) is 5.78 Å². The lowest BCUT2D eigenvalue weighted by molar-refractivity contribution is 0.101. The van der Waals surface area contributed by atoms with Crippen molar-refractivity contribution in [3.8, 4) is 11.8 Å². The smallest absolute Gasteiger partial charge is 0.232 e. The Labute approximate surface area is 149 Å². The molecule has 0 unspecified atom stereocenters. The summed E-state index contributed by atoms with van der Waals surface area (Å²) in [4.78, 5) is 12.5. The Kier molecular flexibility index (Phi) is 4.00. The van der Waals surface area contributed by atoms with Gasteiger partial charge in [-0.05, 0) is 48.0 Å². The largest absolute Gasteiger partial charge is 0.489 e. The average molecular weight is 343 g/mol. The fraction of sp³-hybridized carbons (Fsp3) is 0.0476. The third-order valence-electron chi connectivity index (χ3n) is 4.02. The van der Waals surface area contributed by atoms with Crippen molar-refractivity contribution in [1.82, 2.24) is 0 Å². The number of hydrogen-bond acceptors (Lipinski definition) is 5. The van der Waals surface area contributed by atoms with Gasteiger partial charge in [-0.3, -0.25) is 4.79 Å².